The van der Waals surface area contributed by atoms with E-state index in [-0.39, 0.29) is 43.7 Å². The molecule has 1 fully saturated rings. The molecule has 6 rings (SSSR count). The fourth-order valence-electron chi connectivity index (χ4n) is 8.13. The zero-order chi connectivity index (χ0) is 46.0. The number of terminal acetylenes is 1. The molecule has 0 radical (unpaired) electrons. The van der Waals surface area contributed by atoms with Gasteiger partial charge in [-0.3, -0.25) is 14.0 Å². The number of nitrogens with zero attached hydrogens (tertiary/aromatic N) is 5. The van der Waals surface area contributed by atoms with E-state index >= 15 is 0 Å². The number of hydrogen-bond donors (Lipinski definition) is 1. The van der Waals surface area contributed by atoms with Crippen LogP contribution in [0, 0.1) is 12.3 Å². The summed E-state index contributed by atoms with van der Waals surface area (Å²) in [4.78, 5) is 27.3. The van der Waals surface area contributed by atoms with E-state index in [1.807, 2.05) is 78.9 Å². The fraction of sp³-hybridized carbons (Fsp3) is 0.458. The van der Waals surface area contributed by atoms with Crippen molar-refractivity contribution in [1.29, 1.82) is 0 Å². The summed E-state index contributed by atoms with van der Waals surface area (Å²) in [6.07, 6.45) is 5.54. The molecule has 5 aromatic rings. The van der Waals surface area contributed by atoms with Crippen molar-refractivity contribution in [3.8, 4) is 23.8 Å². The van der Waals surface area contributed by atoms with Crippen molar-refractivity contribution in [2.75, 3.05) is 53.0 Å². The molecule has 2 aromatic heterocycles. The van der Waals surface area contributed by atoms with Gasteiger partial charge in [0.2, 0.25) is 0 Å². The Hall–Kier alpha value is -5.17. The number of fused-ring (bicyclic) bond motifs is 1. The van der Waals surface area contributed by atoms with Crippen LogP contribution in [0.15, 0.2) is 91.5 Å². The maximum atomic E-state index is 13.9. The van der Waals surface area contributed by atoms with Gasteiger partial charge in [0.25, 0.3) is 0 Å². The molecule has 342 valence electrons. The van der Waals surface area contributed by atoms with Crippen LogP contribution in [0.1, 0.15) is 70.9 Å². The molecule has 2 unspecified atom stereocenters. The third kappa shape index (κ3) is 10.8. The second-order valence-electron chi connectivity index (χ2n) is 16.6. The molecule has 0 saturated carbocycles. The standard InChI is InChI=1S/C48H61N6O9P/c1-11-25-47(6,7)62-40(55)29-64(54(32(2)3)33(4)5)63-42-39(61-46(43(42)59-27-26-56-8)53-31-52-41-44(49)50-30-51-45(41)53)28-60-48(34-15-13-12-14-16-34,35-17-21-37(57-9)22-18-35)36-19-23-38(58-10)24-20-36/h1,12-24,30-33,39,42-43,46H,25-29H2,2-10H3,(H2,49,50,51)/t39-,42?,43+,46-,64?/m1/s1. The van der Waals surface area contributed by atoms with E-state index < -0.39 is 50.0 Å². The number of nitrogen functional groups attached to an aromatic ring is 1. The normalized spacial score (nSPS) is 18.4. The van der Waals surface area contributed by atoms with Gasteiger partial charge >= 0.3 is 5.97 Å². The quantitative estimate of drug-likeness (QED) is 0.0239. The summed E-state index contributed by atoms with van der Waals surface area (Å²) in [5.74, 6) is 3.79. The van der Waals surface area contributed by atoms with Crippen LogP contribution in [0.4, 0.5) is 5.82 Å². The molecule has 0 bridgehead atoms. The van der Waals surface area contributed by atoms with E-state index in [1.165, 1.54) is 6.33 Å². The monoisotopic (exact) mass is 896 g/mol. The number of carbonyl (C=O) groups is 1. The van der Waals surface area contributed by atoms with Gasteiger partial charge in [0, 0.05) is 25.6 Å². The summed E-state index contributed by atoms with van der Waals surface area (Å²) < 4.78 is 55.3. The number of hydrogen-bond acceptors (Lipinski definition) is 14. The molecular weight excluding hydrogens is 836 g/mol. The highest BCUT2D eigenvalue weighted by Gasteiger charge is 2.51. The molecule has 15 nitrogen and oxygen atoms in total. The van der Waals surface area contributed by atoms with E-state index in [2.05, 4.69) is 53.2 Å². The number of anilines is 1. The van der Waals surface area contributed by atoms with Crippen LogP contribution in [-0.4, -0.2) is 113 Å². The first-order valence-corrected chi connectivity index (χ1v) is 22.7. The van der Waals surface area contributed by atoms with E-state index in [0.29, 0.717) is 29.3 Å². The Labute approximate surface area is 377 Å². The van der Waals surface area contributed by atoms with Crippen molar-refractivity contribution >= 4 is 31.3 Å². The zero-order valence-corrected chi connectivity index (χ0v) is 39.1. The molecule has 64 heavy (non-hydrogen) atoms. The molecule has 0 aliphatic carbocycles. The number of esters is 1. The second kappa shape index (κ2) is 21.7. The predicted molar refractivity (Wildman–Crippen MR) is 246 cm³/mol. The zero-order valence-electron chi connectivity index (χ0n) is 38.2. The summed E-state index contributed by atoms with van der Waals surface area (Å²) in [5, 5.41) is 0. The van der Waals surface area contributed by atoms with Crippen molar-refractivity contribution < 1.29 is 42.5 Å². The predicted octanol–water partition coefficient (Wildman–Crippen LogP) is 7.52. The van der Waals surface area contributed by atoms with Gasteiger partial charge in [-0.25, -0.2) is 15.0 Å². The minimum Gasteiger partial charge on any atom is -0.497 e. The number of methoxy groups -OCH3 is 3. The van der Waals surface area contributed by atoms with Crippen molar-refractivity contribution in [3.05, 3.63) is 108 Å². The number of ether oxygens (including phenoxy) is 7. The summed E-state index contributed by atoms with van der Waals surface area (Å²) >= 11 is 0. The summed E-state index contributed by atoms with van der Waals surface area (Å²) in [7, 11) is 3.15. The molecule has 3 aromatic carbocycles. The maximum Gasteiger partial charge on any atom is 0.314 e. The third-order valence-corrected chi connectivity index (χ3v) is 13.4. The van der Waals surface area contributed by atoms with Gasteiger partial charge in [-0.05, 0) is 82.5 Å². The average molecular weight is 897 g/mol. The Morgan fingerprint density at radius 1 is 0.875 bits per heavy atom. The lowest BCUT2D eigenvalue weighted by atomic mass is 9.80. The molecule has 1 aliphatic heterocycles. The largest absolute Gasteiger partial charge is 0.497 e. The highest BCUT2D eigenvalue weighted by Crippen LogP contribution is 2.51. The lowest BCUT2D eigenvalue weighted by molar-refractivity contribution is -0.152. The first-order valence-electron chi connectivity index (χ1n) is 21.3. The van der Waals surface area contributed by atoms with Crippen LogP contribution in [-0.2, 0) is 38.6 Å². The van der Waals surface area contributed by atoms with Crippen LogP contribution in [0.25, 0.3) is 11.2 Å². The van der Waals surface area contributed by atoms with Crippen LogP contribution in [0.5, 0.6) is 11.5 Å². The number of rotatable bonds is 22. The van der Waals surface area contributed by atoms with E-state index in [1.54, 1.807) is 46.1 Å². The molecular formula is C48H61N6O9P. The Morgan fingerprint density at radius 2 is 1.48 bits per heavy atom. The van der Waals surface area contributed by atoms with E-state index in [0.717, 1.165) is 16.7 Å². The molecule has 3 heterocycles. The Bertz CT molecular complexity index is 2250. The molecule has 0 amide bonds. The lowest BCUT2D eigenvalue weighted by Crippen LogP contribution is -2.43. The van der Waals surface area contributed by atoms with Gasteiger partial charge in [0.1, 0.15) is 67.3 Å². The van der Waals surface area contributed by atoms with Crippen molar-refractivity contribution in [2.24, 2.45) is 0 Å². The number of nitrogens with two attached hydrogens (primary N) is 1. The molecule has 0 spiro atoms. The Morgan fingerprint density at radius 3 is 2.05 bits per heavy atom. The van der Waals surface area contributed by atoms with E-state index in [9.17, 15) is 4.79 Å². The summed E-state index contributed by atoms with van der Waals surface area (Å²) in [6, 6.07) is 25.6. The summed E-state index contributed by atoms with van der Waals surface area (Å²) in [5.41, 5.74) is 7.60. The van der Waals surface area contributed by atoms with Crippen molar-refractivity contribution in [1.82, 2.24) is 24.2 Å². The second-order valence-corrected chi connectivity index (χ2v) is 18.2. The van der Waals surface area contributed by atoms with Crippen LogP contribution < -0.4 is 15.2 Å². The van der Waals surface area contributed by atoms with Crippen LogP contribution in [0.2, 0.25) is 0 Å². The number of benzene rings is 3. The minimum atomic E-state index is -1.72. The minimum absolute atomic E-state index is 0.0197. The fourth-order valence-corrected chi connectivity index (χ4v) is 10.3. The van der Waals surface area contributed by atoms with Gasteiger partial charge in [0.15, 0.2) is 17.7 Å². The van der Waals surface area contributed by atoms with E-state index in [4.69, 9.17) is 49.8 Å². The smallest absolute Gasteiger partial charge is 0.314 e. The third-order valence-electron chi connectivity index (χ3n) is 10.9. The topological polar surface area (TPSA) is 164 Å². The highest BCUT2D eigenvalue weighted by molar-refractivity contribution is 7.51. The Kier molecular flexibility index (Phi) is 16.4. The molecule has 5 atom stereocenters. The highest BCUT2D eigenvalue weighted by atomic mass is 31.2. The Balaban J connectivity index is 1.51. The van der Waals surface area contributed by atoms with Crippen molar-refractivity contribution in [2.45, 2.75) is 95.8 Å². The number of aromatic nitrogens is 4. The molecule has 2 N–H and O–H groups in total. The number of carbonyl (C=O) groups excluding carboxylic acids is 1. The maximum absolute atomic E-state index is 13.9. The first-order chi connectivity index (χ1) is 30.8. The van der Waals surface area contributed by atoms with Gasteiger partial charge < -0.3 is 43.4 Å². The molecule has 16 heteroatoms. The molecule has 1 saturated heterocycles. The van der Waals surface area contributed by atoms with Gasteiger partial charge in [-0.15, -0.1) is 12.3 Å². The first kappa shape index (κ1) is 48.3. The SMILES string of the molecule is C#CCC(C)(C)OC(=O)CP(OC1[C@@H](COC(c2ccccc2)(c2ccc(OC)cc2)c2ccc(OC)cc2)O[C@@H](n2cnc3c(N)ncnc32)[C@H]1OCCOC)N(C(C)C)C(C)C. The van der Waals surface area contributed by atoms with Gasteiger partial charge in [-0.2, -0.15) is 0 Å². The van der Waals surface area contributed by atoms with Crippen molar-refractivity contribution in [3.63, 3.8) is 0 Å². The molecule has 1 aliphatic rings. The number of imidazole rings is 1. The average Bonchev–Trinajstić information content (AvgIpc) is 3.86. The van der Waals surface area contributed by atoms with Crippen LogP contribution >= 0.6 is 8.30 Å². The lowest BCUT2D eigenvalue weighted by Gasteiger charge is -2.40. The van der Waals surface area contributed by atoms with Gasteiger partial charge in [-0.1, -0.05) is 54.6 Å². The van der Waals surface area contributed by atoms with Crippen LogP contribution in [0.3, 0.4) is 0 Å². The van der Waals surface area contributed by atoms with Gasteiger partial charge in [0.05, 0.1) is 40.4 Å². The summed E-state index contributed by atoms with van der Waals surface area (Å²) in [6.45, 7) is 12.4.